The second kappa shape index (κ2) is 6.16. The third-order valence-corrected chi connectivity index (χ3v) is 2.72. The highest BCUT2D eigenvalue weighted by atomic mass is 35.5. The molecule has 1 heterocycles. The molecule has 0 saturated heterocycles. The van der Waals surface area contributed by atoms with Crippen molar-refractivity contribution in [2.45, 2.75) is 13.1 Å². The smallest absolute Gasteiger partial charge is 0.358 e. The highest BCUT2D eigenvalue weighted by Gasteiger charge is 2.10. The van der Waals surface area contributed by atoms with Gasteiger partial charge in [-0.1, -0.05) is 28.9 Å². The summed E-state index contributed by atoms with van der Waals surface area (Å²) < 4.78 is 1.17. The van der Waals surface area contributed by atoms with Gasteiger partial charge in [0.25, 0.3) is 0 Å². The van der Waals surface area contributed by atoms with E-state index in [-0.39, 0.29) is 18.1 Å². The summed E-state index contributed by atoms with van der Waals surface area (Å²) in [6.07, 6.45) is 1.20. The molecule has 7 nitrogen and oxygen atoms in total. The van der Waals surface area contributed by atoms with Gasteiger partial charge < -0.3 is 10.4 Å². The van der Waals surface area contributed by atoms with Gasteiger partial charge in [0.1, 0.15) is 6.54 Å². The quantitative estimate of drug-likeness (QED) is 0.855. The van der Waals surface area contributed by atoms with Crippen LogP contribution in [0.3, 0.4) is 0 Å². The number of aromatic carboxylic acids is 1. The van der Waals surface area contributed by atoms with E-state index in [2.05, 4.69) is 15.6 Å². The minimum Gasteiger partial charge on any atom is -0.476 e. The molecule has 2 aromatic rings. The molecule has 104 valence electrons. The van der Waals surface area contributed by atoms with Gasteiger partial charge in [-0.15, -0.1) is 5.10 Å². The van der Waals surface area contributed by atoms with E-state index < -0.39 is 5.97 Å². The molecular weight excluding hydrogens is 284 g/mol. The Morgan fingerprint density at radius 1 is 1.30 bits per heavy atom. The van der Waals surface area contributed by atoms with E-state index in [4.69, 9.17) is 16.7 Å². The first-order valence-electron chi connectivity index (χ1n) is 5.69. The van der Waals surface area contributed by atoms with Gasteiger partial charge in [-0.2, -0.15) is 0 Å². The second-order valence-electron chi connectivity index (χ2n) is 4.01. The monoisotopic (exact) mass is 294 g/mol. The topological polar surface area (TPSA) is 97.1 Å². The molecule has 0 fully saturated rings. The van der Waals surface area contributed by atoms with Crippen LogP contribution in [0.1, 0.15) is 16.1 Å². The number of benzene rings is 1. The van der Waals surface area contributed by atoms with E-state index in [1.165, 1.54) is 10.9 Å². The molecule has 0 spiro atoms. The molecule has 0 aliphatic rings. The van der Waals surface area contributed by atoms with Crippen molar-refractivity contribution in [3.63, 3.8) is 0 Å². The third kappa shape index (κ3) is 3.79. The first-order valence-corrected chi connectivity index (χ1v) is 6.07. The molecule has 1 aromatic carbocycles. The number of hydrogen-bond donors (Lipinski definition) is 2. The van der Waals surface area contributed by atoms with Crippen LogP contribution in [0.25, 0.3) is 0 Å². The maximum Gasteiger partial charge on any atom is 0.358 e. The summed E-state index contributed by atoms with van der Waals surface area (Å²) in [4.78, 5) is 22.3. The number of carboxylic acid groups (broad SMARTS) is 1. The Hall–Kier alpha value is -2.41. The molecule has 0 bridgehead atoms. The summed E-state index contributed by atoms with van der Waals surface area (Å²) in [5.74, 6) is -1.47. The number of carbonyl (C=O) groups is 2. The molecule has 0 aliphatic heterocycles. The highest BCUT2D eigenvalue weighted by molar-refractivity contribution is 6.30. The van der Waals surface area contributed by atoms with Crippen molar-refractivity contribution in [2.24, 2.45) is 0 Å². The van der Waals surface area contributed by atoms with Gasteiger partial charge >= 0.3 is 5.97 Å². The van der Waals surface area contributed by atoms with Crippen LogP contribution in [0.15, 0.2) is 30.5 Å². The number of carbonyl (C=O) groups excluding carboxylic acids is 1. The molecule has 1 aromatic heterocycles. The lowest BCUT2D eigenvalue weighted by atomic mass is 10.2. The lowest BCUT2D eigenvalue weighted by Crippen LogP contribution is -2.27. The van der Waals surface area contributed by atoms with E-state index in [0.717, 1.165) is 5.56 Å². The zero-order valence-corrected chi connectivity index (χ0v) is 11.0. The Balaban J connectivity index is 1.85. The number of carboxylic acids is 1. The predicted octanol–water partition coefficient (Wildman–Crippen LogP) is 0.946. The zero-order valence-electron chi connectivity index (χ0n) is 10.3. The van der Waals surface area contributed by atoms with Crippen LogP contribution in [0.2, 0.25) is 5.02 Å². The molecule has 2 rings (SSSR count). The maximum absolute atomic E-state index is 11.7. The molecule has 20 heavy (non-hydrogen) atoms. The summed E-state index contributed by atoms with van der Waals surface area (Å²) in [5, 5.41) is 19.0. The van der Waals surface area contributed by atoms with E-state index in [0.29, 0.717) is 11.6 Å². The first kappa shape index (κ1) is 14.0. The molecular formula is C12H11ClN4O3. The standard InChI is InChI=1S/C12H11ClN4O3/c13-9-3-1-8(2-4-9)5-14-11(18)7-17-6-10(12(19)20)15-16-17/h1-4,6H,5,7H2,(H,14,18)(H,19,20). The van der Waals surface area contributed by atoms with E-state index >= 15 is 0 Å². The Morgan fingerprint density at radius 3 is 2.60 bits per heavy atom. The lowest BCUT2D eigenvalue weighted by molar-refractivity contribution is -0.122. The van der Waals surface area contributed by atoms with Gasteiger partial charge in [-0.05, 0) is 17.7 Å². The van der Waals surface area contributed by atoms with Gasteiger partial charge in [0.15, 0.2) is 5.69 Å². The number of nitrogens with one attached hydrogen (secondary N) is 1. The van der Waals surface area contributed by atoms with Crippen LogP contribution in [0.4, 0.5) is 0 Å². The SMILES string of the molecule is O=C(Cn1cc(C(=O)O)nn1)NCc1ccc(Cl)cc1. The van der Waals surface area contributed by atoms with Gasteiger partial charge in [-0.3, -0.25) is 4.79 Å². The highest BCUT2D eigenvalue weighted by Crippen LogP contribution is 2.09. The lowest BCUT2D eigenvalue weighted by Gasteiger charge is -2.05. The average Bonchev–Trinajstić information content (AvgIpc) is 2.87. The van der Waals surface area contributed by atoms with E-state index in [9.17, 15) is 9.59 Å². The van der Waals surface area contributed by atoms with Crippen molar-refractivity contribution in [1.29, 1.82) is 0 Å². The molecule has 0 unspecified atom stereocenters. The average molecular weight is 295 g/mol. The van der Waals surface area contributed by atoms with Crippen LogP contribution in [0.5, 0.6) is 0 Å². The van der Waals surface area contributed by atoms with Crippen LogP contribution < -0.4 is 5.32 Å². The second-order valence-corrected chi connectivity index (χ2v) is 4.45. The van der Waals surface area contributed by atoms with Crippen molar-refractivity contribution < 1.29 is 14.7 Å². The Labute approximate surface area is 119 Å². The molecule has 8 heteroatoms. The van der Waals surface area contributed by atoms with Crippen LogP contribution >= 0.6 is 11.6 Å². The molecule has 0 radical (unpaired) electrons. The zero-order chi connectivity index (χ0) is 14.5. The molecule has 0 aliphatic carbocycles. The van der Waals surface area contributed by atoms with Crippen LogP contribution in [-0.2, 0) is 17.9 Å². The Kier molecular flexibility index (Phi) is 4.31. The largest absolute Gasteiger partial charge is 0.476 e. The van der Waals surface area contributed by atoms with Crippen molar-refractivity contribution >= 4 is 23.5 Å². The summed E-state index contributed by atoms with van der Waals surface area (Å²) >= 11 is 5.76. The van der Waals surface area contributed by atoms with Crippen molar-refractivity contribution in [1.82, 2.24) is 20.3 Å². The fourth-order valence-corrected chi connectivity index (χ4v) is 1.61. The molecule has 0 atom stereocenters. The fourth-order valence-electron chi connectivity index (χ4n) is 1.48. The summed E-state index contributed by atoms with van der Waals surface area (Å²) in [6, 6.07) is 7.08. The van der Waals surface area contributed by atoms with E-state index in [1.807, 2.05) is 0 Å². The summed E-state index contributed by atoms with van der Waals surface area (Å²) in [7, 11) is 0. The molecule has 1 amide bonds. The third-order valence-electron chi connectivity index (χ3n) is 2.47. The number of aromatic nitrogens is 3. The molecule has 0 saturated carbocycles. The first-order chi connectivity index (χ1) is 9.54. The van der Waals surface area contributed by atoms with Crippen LogP contribution in [0, 0.1) is 0 Å². The summed E-state index contributed by atoms with van der Waals surface area (Å²) in [6.45, 7) is 0.268. The van der Waals surface area contributed by atoms with Crippen LogP contribution in [-0.4, -0.2) is 32.0 Å². The Morgan fingerprint density at radius 2 is 2.00 bits per heavy atom. The molecule has 2 N–H and O–H groups in total. The number of rotatable bonds is 5. The number of halogens is 1. The predicted molar refractivity (Wildman–Crippen MR) is 70.3 cm³/mol. The van der Waals surface area contributed by atoms with Gasteiger partial charge in [0, 0.05) is 11.6 Å². The maximum atomic E-state index is 11.7. The minimum atomic E-state index is -1.18. The minimum absolute atomic E-state index is 0.0894. The number of nitrogens with zero attached hydrogens (tertiary/aromatic N) is 3. The summed E-state index contributed by atoms with van der Waals surface area (Å²) in [5.41, 5.74) is 0.711. The van der Waals surface area contributed by atoms with Crippen molar-refractivity contribution in [3.8, 4) is 0 Å². The normalized spacial score (nSPS) is 10.2. The van der Waals surface area contributed by atoms with Gasteiger partial charge in [0.05, 0.1) is 6.20 Å². The van der Waals surface area contributed by atoms with Gasteiger partial charge in [0.2, 0.25) is 5.91 Å². The van der Waals surface area contributed by atoms with E-state index in [1.54, 1.807) is 24.3 Å². The number of hydrogen-bond acceptors (Lipinski definition) is 4. The van der Waals surface area contributed by atoms with Crippen molar-refractivity contribution in [3.05, 3.63) is 46.7 Å². The number of amides is 1. The van der Waals surface area contributed by atoms with Crippen molar-refractivity contribution in [2.75, 3.05) is 0 Å². The van der Waals surface area contributed by atoms with Gasteiger partial charge in [-0.25, -0.2) is 9.48 Å². The fraction of sp³-hybridized carbons (Fsp3) is 0.167. The Bertz CT molecular complexity index is 624.